The van der Waals surface area contributed by atoms with E-state index in [9.17, 15) is 49.5 Å². The predicted octanol–water partition coefficient (Wildman–Crippen LogP) is 0.234. The van der Waals surface area contributed by atoms with Crippen LogP contribution in [0.2, 0.25) is 0 Å². The number of hydrogen-bond acceptors (Lipinski definition) is 14. The molecule has 0 bridgehead atoms. The molecule has 2 heterocycles. The van der Waals surface area contributed by atoms with Gasteiger partial charge < -0.3 is 44.5 Å². The van der Waals surface area contributed by atoms with Gasteiger partial charge in [0.15, 0.2) is 17.5 Å². The maximum Gasteiger partial charge on any atom is 0.337 e. The first-order valence-corrected chi connectivity index (χ1v) is 16.1. The van der Waals surface area contributed by atoms with Gasteiger partial charge in [-0.2, -0.15) is 0 Å². The number of aliphatic hydroxyl groups is 5. The number of hydrogen-bond donors (Lipinski definition) is 5. The molecule has 2 rings (SSSR count). The summed E-state index contributed by atoms with van der Waals surface area (Å²) in [4.78, 5) is 65.7. The molecule has 0 spiro atoms. The van der Waals surface area contributed by atoms with E-state index in [0.717, 1.165) is 14.0 Å². The van der Waals surface area contributed by atoms with Gasteiger partial charge in [0.25, 0.3) is 0 Å². The quantitative estimate of drug-likeness (QED) is 0.138. The van der Waals surface area contributed by atoms with Crippen LogP contribution in [0.1, 0.15) is 61.8 Å². The molecule has 0 saturated carbocycles. The third-order valence-corrected chi connectivity index (χ3v) is 9.62. The fraction of sp³-hybridized carbons (Fsp3) is 0.735. The van der Waals surface area contributed by atoms with E-state index >= 15 is 0 Å². The van der Waals surface area contributed by atoms with Crippen LogP contribution in [-0.4, -0.2) is 123 Å². The predicted molar refractivity (Wildman–Crippen MR) is 169 cm³/mol. The molecule has 48 heavy (non-hydrogen) atoms. The van der Waals surface area contributed by atoms with Crippen LogP contribution in [0.3, 0.4) is 0 Å². The average Bonchev–Trinajstić information content (AvgIpc) is 3.74. The molecule has 14 heteroatoms. The minimum Gasteiger partial charge on any atom is -0.463 e. The first-order chi connectivity index (χ1) is 22.2. The topological polar surface area (TPSA) is 227 Å². The van der Waals surface area contributed by atoms with Gasteiger partial charge in [-0.25, -0.2) is 4.79 Å². The second kappa shape index (κ2) is 16.7. The second-order valence-corrected chi connectivity index (χ2v) is 13.3. The first-order valence-electron chi connectivity index (χ1n) is 16.1. The number of carbonyl (C=O) groups excluding carboxylic acids is 5. The van der Waals surface area contributed by atoms with Crippen molar-refractivity contribution in [3.05, 3.63) is 23.8 Å². The molecule has 2 aliphatic heterocycles. The molecule has 0 aromatic rings. The van der Waals surface area contributed by atoms with Gasteiger partial charge in [-0.1, -0.05) is 45.9 Å². The third-order valence-electron chi connectivity index (χ3n) is 9.62. The number of methoxy groups -OCH3 is 1. The zero-order valence-corrected chi connectivity index (χ0v) is 29.1. The van der Waals surface area contributed by atoms with Gasteiger partial charge >= 0.3 is 11.9 Å². The van der Waals surface area contributed by atoms with Crippen molar-refractivity contribution in [2.24, 2.45) is 29.6 Å². The Kier molecular flexibility index (Phi) is 14.4. The van der Waals surface area contributed by atoms with Crippen molar-refractivity contribution < 1.29 is 68.5 Å². The van der Waals surface area contributed by atoms with Crippen molar-refractivity contribution in [3.8, 4) is 0 Å². The number of Topliss-reactive ketones (excluding diaryl/α,β-unsaturated/α-hetero) is 3. The SMILES string of the molecule is C/C=C\[C@H](C)[C@H]1O[C@]1(C)[C@H](O)[C@H]1COC(=O)[C@H](O)C(OC)[C@H](C)C(=O)[C@H](C)C(O)/C(C)=C/[C@H](C)C(=O)C[C@H](O)[C@@](O)(COC(C)=O)C1=O. The molecule has 0 aromatic heterocycles. The van der Waals surface area contributed by atoms with Crippen molar-refractivity contribution in [1.29, 1.82) is 0 Å². The van der Waals surface area contributed by atoms with Gasteiger partial charge in [0, 0.05) is 44.1 Å². The van der Waals surface area contributed by atoms with Crippen LogP contribution in [0.4, 0.5) is 0 Å². The standard InChI is InChI=1S/C34H52O14/c1-10-11-16(2)31-33(8,48-31)29(41)22-14-46-32(43)27(40)28(45-9)20(6)26(39)19(5)25(38)18(4)12-17(3)23(36)13-24(37)34(44,30(22)42)15-47-21(7)35/h10-12,16-17,19-20,22,24-25,27-29,31,37-38,40-41,44H,13-15H2,1-9H3/b11-10-,18-12+/t16-,17-,19+,20+,22+,24-,25?,27+,28?,29+,31+,33+,34-/m0/s1. The highest BCUT2D eigenvalue weighted by Crippen LogP contribution is 2.47. The summed E-state index contributed by atoms with van der Waals surface area (Å²) >= 11 is 0. The number of epoxide rings is 1. The maximum absolute atomic E-state index is 14.2. The Bertz CT molecular complexity index is 1260. The zero-order chi connectivity index (χ0) is 36.9. The highest BCUT2D eigenvalue weighted by molar-refractivity contribution is 5.93. The number of esters is 2. The summed E-state index contributed by atoms with van der Waals surface area (Å²) in [7, 11) is 1.15. The minimum absolute atomic E-state index is 0.224. The monoisotopic (exact) mass is 684 g/mol. The summed E-state index contributed by atoms with van der Waals surface area (Å²) in [6, 6.07) is 0. The largest absolute Gasteiger partial charge is 0.463 e. The lowest BCUT2D eigenvalue weighted by molar-refractivity contribution is -0.181. The number of allylic oxidation sites excluding steroid dienone is 2. The van der Waals surface area contributed by atoms with Crippen molar-refractivity contribution >= 4 is 29.3 Å². The molecular formula is C34H52O14. The van der Waals surface area contributed by atoms with E-state index in [1.807, 2.05) is 13.0 Å². The van der Waals surface area contributed by atoms with E-state index in [0.29, 0.717) is 0 Å². The molecule has 0 amide bonds. The number of ether oxygens (including phenoxy) is 4. The molecular weight excluding hydrogens is 632 g/mol. The van der Waals surface area contributed by atoms with Gasteiger partial charge in [0.2, 0.25) is 0 Å². The number of carbonyl (C=O) groups is 5. The van der Waals surface area contributed by atoms with E-state index < -0.39 is 120 Å². The molecule has 1 fully saturated rings. The number of aliphatic hydroxyl groups excluding tert-OH is 4. The Morgan fingerprint density at radius 3 is 2.25 bits per heavy atom. The highest BCUT2D eigenvalue weighted by Gasteiger charge is 2.63. The molecule has 0 aromatic carbocycles. The Labute approximate surface area is 281 Å². The number of rotatable bonds is 7. The van der Waals surface area contributed by atoms with Crippen LogP contribution in [0.25, 0.3) is 0 Å². The summed E-state index contributed by atoms with van der Waals surface area (Å²) < 4.78 is 21.3. The highest BCUT2D eigenvalue weighted by atomic mass is 16.6. The smallest absolute Gasteiger partial charge is 0.337 e. The Balaban J connectivity index is 2.70. The Morgan fingerprint density at radius 2 is 1.71 bits per heavy atom. The van der Waals surface area contributed by atoms with E-state index in [2.05, 4.69) is 0 Å². The molecule has 0 aliphatic carbocycles. The normalized spacial score (nSPS) is 40.3. The lowest BCUT2D eigenvalue weighted by Crippen LogP contribution is -2.60. The molecule has 1 saturated heterocycles. The van der Waals surface area contributed by atoms with Crippen LogP contribution in [-0.2, 0) is 42.9 Å². The van der Waals surface area contributed by atoms with Crippen molar-refractivity contribution in [3.63, 3.8) is 0 Å². The third kappa shape index (κ3) is 9.03. The lowest BCUT2D eigenvalue weighted by Gasteiger charge is -2.36. The number of cyclic esters (lactones) is 1. The zero-order valence-electron chi connectivity index (χ0n) is 29.1. The molecule has 0 radical (unpaired) electrons. The maximum atomic E-state index is 14.2. The van der Waals surface area contributed by atoms with E-state index in [1.165, 1.54) is 40.7 Å². The minimum atomic E-state index is -2.98. The first kappa shape index (κ1) is 41.3. The van der Waals surface area contributed by atoms with Gasteiger partial charge in [-0.3, -0.25) is 19.2 Å². The van der Waals surface area contributed by atoms with Crippen LogP contribution in [0.5, 0.6) is 0 Å². The molecule has 272 valence electrons. The van der Waals surface area contributed by atoms with E-state index in [1.54, 1.807) is 13.0 Å². The van der Waals surface area contributed by atoms with Crippen LogP contribution < -0.4 is 0 Å². The fourth-order valence-corrected chi connectivity index (χ4v) is 6.34. The van der Waals surface area contributed by atoms with Crippen molar-refractivity contribution in [2.75, 3.05) is 20.3 Å². The van der Waals surface area contributed by atoms with Gasteiger partial charge in [-0.15, -0.1) is 0 Å². The van der Waals surface area contributed by atoms with Crippen molar-refractivity contribution in [2.45, 2.75) is 110 Å². The van der Waals surface area contributed by atoms with Crippen LogP contribution in [0, 0.1) is 29.6 Å². The molecule has 5 N–H and O–H groups in total. The molecule has 13 atom stereocenters. The Morgan fingerprint density at radius 1 is 1.10 bits per heavy atom. The number of ketones is 3. The van der Waals surface area contributed by atoms with E-state index in [4.69, 9.17) is 18.9 Å². The fourth-order valence-electron chi connectivity index (χ4n) is 6.34. The molecule has 14 nitrogen and oxygen atoms in total. The second-order valence-electron chi connectivity index (χ2n) is 13.3. The van der Waals surface area contributed by atoms with Gasteiger partial charge in [0.1, 0.15) is 42.6 Å². The van der Waals surface area contributed by atoms with Gasteiger partial charge in [-0.05, 0) is 26.3 Å². The summed E-state index contributed by atoms with van der Waals surface area (Å²) in [6.07, 6.45) is -5.37. The lowest BCUT2D eigenvalue weighted by atomic mass is 9.76. The summed E-state index contributed by atoms with van der Waals surface area (Å²) in [5, 5.41) is 56.4. The van der Waals surface area contributed by atoms with E-state index in [-0.39, 0.29) is 11.5 Å². The molecule has 2 unspecified atom stereocenters. The Hall–Kier alpha value is -2.85. The van der Waals surface area contributed by atoms with Crippen LogP contribution in [0.15, 0.2) is 23.8 Å². The average molecular weight is 685 g/mol. The summed E-state index contributed by atoms with van der Waals surface area (Å²) in [5.74, 6) is -10.1. The van der Waals surface area contributed by atoms with Crippen molar-refractivity contribution in [1.82, 2.24) is 0 Å². The summed E-state index contributed by atoms with van der Waals surface area (Å²) in [6.45, 7) is 9.77. The van der Waals surface area contributed by atoms with Gasteiger partial charge in [0.05, 0.1) is 24.2 Å². The summed E-state index contributed by atoms with van der Waals surface area (Å²) in [5.41, 5.74) is -4.17. The molecule has 2 aliphatic rings. The van der Waals surface area contributed by atoms with Crippen LogP contribution >= 0.6 is 0 Å².